The molecule has 0 spiro atoms. The Morgan fingerprint density at radius 2 is 2.27 bits per heavy atom. The SMILES string of the molecule is CS[C@@H]1CC[C@@H](N(C)C(=O)c2cnc3sc(C)cn3c2=O)C1. The Morgan fingerprint density at radius 1 is 1.50 bits per heavy atom. The van der Waals surface area contributed by atoms with E-state index in [0.717, 1.165) is 24.1 Å². The van der Waals surface area contributed by atoms with E-state index in [1.165, 1.54) is 21.9 Å². The van der Waals surface area contributed by atoms with Crippen LogP contribution in [-0.4, -0.2) is 44.8 Å². The Hall–Kier alpha value is -1.34. The smallest absolute Gasteiger partial charge is 0.271 e. The summed E-state index contributed by atoms with van der Waals surface area (Å²) >= 11 is 3.30. The van der Waals surface area contributed by atoms with E-state index >= 15 is 0 Å². The molecule has 0 unspecified atom stereocenters. The molecule has 1 aliphatic carbocycles. The Balaban J connectivity index is 1.89. The van der Waals surface area contributed by atoms with Crippen LogP contribution in [0.5, 0.6) is 0 Å². The minimum Gasteiger partial charge on any atom is -0.338 e. The van der Waals surface area contributed by atoms with Gasteiger partial charge in [0.25, 0.3) is 11.5 Å². The minimum absolute atomic E-state index is 0.158. The van der Waals surface area contributed by atoms with Gasteiger partial charge in [0.1, 0.15) is 5.56 Å². The highest BCUT2D eigenvalue weighted by molar-refractivity contribution is 7.99. The van der Waals surface area contributed by atoms with E-state index in [-0.39, 0.29) is 23.1 Å². The predicted molar refractivity (Wildman–Crippen MR) is 91.1 cm³/mol. The van der Waals surface area contributed by atoms with Crippen molar-refractivity contribution in [3.63, 3.8) is 0 Å². The molecule has 2 aromatic heterocycles. The Bertz CT molecular complexity index is 768. The molecule has 0 saturated heterocycles. The molecule has 0 aromatic carbocycles. The van der Waals surface area contributed by atoms with Gasteiger partial charge in [0.15, 0.2) is 4.96 Å². The zero-order valence-corrected chi connectivity index (χ0v) is 14.5. The molecule has 118 valence electrons. The number of thioether (sulfide) groups is 1. The molecular weight excluding hydrogens is 318 g/mol. The third-order valence-electron chi connectivity index (χ3n) is 4.31. The van der Waals surface area contributed by atoms with Gasteiger partial charge >= 0.3 is 0 Å². The molecule has 0 aliphatic heterocycles. The monoisotopic (exact) mass is 337 g/mol. The number of carbonyl (C=O) groups excluding carboxylic acids is 1. The number of aryl methyl sites for hydroxylation is 1. The lowest BCUT2D eigenvalue weighted by Gasteiger charge is -2.24. The van der Waals surface area contributed by atoms with Gasteiger partial charge in [-0.25, -0.2) is 4.98 Å². The molecule has 7 heteroatoms. The molecule has 2 aromatic rings. The molecule has 0 N–H and O–H groups in total. The quantitative estimate of drug-likeness (QED) is 0.863. The van der Waals surface area contributed by atoms with Crippen LogP contribution in [0.3, 0.4) is 0 Å². The maximum Gasteiger partial charge on any atom is 0.271 e. The lowest BCUT2D eigenvalue weighted by Crippen LogP contribution is -2.39. The van der Waals surface area contributed by atoms with E-state index in [1.807, 2.05) is 18.7 Å². The predicted octanol–water partition coefficient (Wildman–Crippen LogP) is 2.42. The molecule has 2 atom stereocenters. The molecule has 0 radical (unpaired) electrons. The normalized spacial score (nSPS) is 21.4. The molecule has 1 amide bonds. The molecule has 3 rings (SSSR count). The van der Waals surface area contributed by atoms with E-state index in [9.17, 15) is 9.59 Å². The molecule has 5 nitrogen and oxygen atoms in total. The molecule has 2 heterocycles. The van der Waals surface area contributed by atoms with Gasteiger partial charge < -0.3 is 4.90 Å². The average Bonchev–Trinajstić information content (AvgIpc) is 3.12. The lowest BCUT2D eigenvalue weighted by atomic mass is 10.2. The summed E-state index contributed by atoms with van der Waals surface area (Å²) in [6, 6.07) is 0.217. The molecular formula is C15H19N3O2S2. The van der Waals surface area contributed by atoms with E-state index in [1.54, 1.807) is 18.1 Å². The molecule has 1 fully saturated rings. The van der Waals surface area contributed by atoms with Crippen molar-refractivity contribution in [2.45, 2.75) is 37.5 Å². The van der Waals surface area contributed by atoms with Gasteiger partial charge in [0, 0.05) is 35.6 Å². The van der Waals surface area contributed by atoms with Crippen molar-refractivity contribution in [1.29, 1.82) is 0 Å². The van der Waals surface area contributed by atoms with Crippen LogP contribution < -0.4 is 5.56 Å². The number of rotatable bonds is 3. The zero-order chi connectivity index (χ0) is 15.9. The number of fused-ring (bicyclic) bond motifs is 1. The lowest BCUT2D eigenvalue weighted by molar-refractivity contribution is 0.0733. The summed E-state index contributed by atoms with van der Waals surface area (Å²) in [7, 11) is 1.79. The first-order chi connectivity index (χ1) is 10.5. The first-order valence-electron chi connectivity index (χ1n) is 7.29. The average molecular weight is 337 g/mol. The summed E-state index contributed by atoms with van der Waals surface area (Å²) in [5.74, 6) is -0.220. The van der Waals surface area contributed by atoms with E-state index in [2.05, 4.69) is 11.2 Å². The van der Waals surface area contributed by atoms with Crippen LogP contribution in [0.2, 0.25) is 0 Å². The second-order valence-corrected chi connectivity index (χ2v) is 8.06. The second-order valence-electron chi connectivity index (χ2n) is 5.71. The number of aromatic nitrogens is 2. The van der Waals surface area contributed by atoms with Gasteiger partial charge in [-0.05, 0) is 32.4 Å². The maximum absolute atomic E-state index is 12.7. The van der Waals surface area contributed by atoms with E-state index in [4.69, 9.17) is 0 Å². The van der Waals surface area contributed by atoms with Crippen LogP contribution in [-0.2, 0) is 0 Å². The van der Waals surface area contributed by atoms with Crippen molar-refractivity contribution in [3.8, 4) is 0 Å². The number of thiazole rings is 1. The van der Waals surface area contributed by atoms with Crippen molar-refractivity contribution < 1.29 is 4.79 Å². The first kappa shape index (κ1) is 15.6. The highest BCUT2D eigenvalue weighted by Gasteiger charge is 2.31. The number of amides is 1. The number of carbonyl (C=O) groups is 1. The van der Waals surface area contributed by atoms with Crippen LogP contribution in [0.1, 0.15) is 34.5 Å². The molecule has 0 bridgehead atoms. The third kappa shape index (κ3) is 2.67. The van der Waals surface area contributed by atoms with Gasteiger partial charge in [0.05, 0.1) is 0 Å². The number of nitrogens with zero attached hydrogens (tertiary/aromatic N) is 3. The fraction of sp³-hybridized carbons (Fsp3) is 0.533. The molecule has 1 aliphatic rings. The largest absolute Gasteiger partial charge is 0.338 e. The summed E-state index contributed by atoms with van der Waals surface area (Å²) < 4.78 is 1.47. The van der Waals surface area contributed by atoms with Crippen molar-refractivity contribution in [3.05, 3.63) is 33.2 Å². The summed E-state index contributed by atoms with van der Waals surface area (Å²) in [5, 5.41) is 0.612. The zero-order valence-electron chi connectivity index (χ0n) is 12.9. The van der Waals surface area contributed by atoms with Crippen molar-refractivity contribution in [1.82, 2.24) is 14.3 Å². The molecule has 22 heavy (non-hydrogen) atoms. The van der Waals surface area contributed by atoms with Gasteiger partial charge in [-0.15, -0.1) is 11.3 Å². The summed E-state index contributed by atoms with van der Waals surface area (Å²) in [6.07, 6.45) is 8.40. The Kier molecular flexibility index (Phi) is 4.27. The summed E-state index contributed by atoms with van der Waals surface area (Å²) in [4.78, 5) is 32.8. The van der Waals surface area contributed by atoms with E-state index in [0.29, 0.717) is 10.2 Å². The standard InChI is InChI=1S/C15H19N3O2S2/c1-9-8-18-14(20)12(7-16-15(18)22-9)13(19)17(2)10-4-5-11(6-10)21-3/h7-8,10-11H,4-6H2,1-3H3/t10-,11-/m1/s1. The van der Waals surface area contributed by atoms with Crippen LogP contribution >= 0.6 is 23.1 Å². The van der Waals surface area contributed by atoms with Crippen LogP contribution in [0.4, 0.5) is 0 Å². The fourth-order valence-electron chi connectivity index (χ4n) is 2.98. The minimum atomic E-state index is -0.273. The summed E-state index contributed by atoms with van der Waals surface area (Å²) in [6.45, 7) is 1.92. The van der Waals surface area contributed by atoms with Gasteiger partial charge in [-0.3, -0.25) is 14.0 Å². The van der Waals surface area contributed by atoms with Crippen molar-refractivity contribution in [2.75, 3.05) is 13.3 Å². The first-order valence-corrected chi connectivity index (χ1v) is 9.39. The van der Waals surface area contributed by atoms with Gasteiger partial charge in [-0.2, -0.15) is 11.8 Å². The van der Waals surface area contributed by atoms with Crippen LogP contribution in [0.15, 0.2) is 17.2 Å². The van der Waals surface area contributed by atoms with Crippen LogP contribution in [0, 0.1) is 6.92 Å². The third-order valence-corrected chi connectivity index (χ3v) is 6.32. The molecule has 1 saturated carbocycles. The Morgan fingerprint density at radius 3 is 2.95 bits per heavy atom. The summed E-state index contributed by atoms with van der Waals surface area (Å²) in [5.41, 5.74) is -0.115. The van der Waals surface area contributed by atoms with Crippen molar-refractivity contribution in [2.24, 2.45) is 0 Å². The van der Waals surface area contributed by atoms with Gasteiger partial charge in [0.2, 0.25) is 0 Å². The topological polar surface area (TPSA) is 54.7 Å². The van der Waals surface area contributed by atoms with Gasteiger partial charge in [-0.1, -0.05) is 0 Å². The highest BCUT2D eigenvalue weighted by Crippen LogP contribution is 2.31. The van der Waals surface area contributed by atoms with Crippen molar-refractivity contribution >= 4 is 34.0 Å². The Labute approximate surface area is 137 Å². The second kappa shape index (κ2) is 6.04. The highest BCUT2D eigenvalue weighted by atomic mass is 32.2. The maximum atomic E-state index is 12.7. The number of hydrogen-bond donors (Lipinski definition) is 0. The van der Waals surface area contributed by atoms with Crippen LogP contribution in [0.25, 0.3) is 4.96 Å². The van der Waals surface area contributed by atoms with E-state index < -0.39 is 0 Å². The fourth-order valence-corrected chi connectivity index (χ4v) is 4.55. The number of hydrogen-bond acceptors (Lipinski definition) is 5.